The van der Waals surface area contributed by atoms with Gasteiger partial charge in [0.1, 0.15) is 0 Å². The summed E-state index contributed by atoms with van der Waals surface area (Å²) in [7, 11) is -17.9. The fourth-order valence-electron chi connectivity index (χ4n) is 0.380. The molecule has 0 spiro atoms. The van der Waals surface area contributed by atoms with E-state index in [0.717, 1.165) is 0 Å². The first-order chi connectivity index (χ1) is 14.1. The van der Waals surface area contributed by atoms with Crippen molar-refractivity contribution in [2.45, 2.75) is 14.4 Å². The van der Waals surface area contributed by atoms with Crippen LogP contribution in [0.2, 0.25) is 0 Å². The predicted molar refractivity (Wildman–Crippen MR) is 111 cm³/mol. The molecule has 0 rings (SSSR count). The van der Waals surface area contributed by atoms with Crippen LogP contribution in [0.15, 0.2) is 0 Å². The third-order valence-electron chi connectivity index (χ3n) is 1.07. The van der Waals surface area contributed by atoms with Gasteiger partial charge in [-0.3, -0.25) is 13.7 Å². The lowest BCUT2D eigenvalue weighted by atomic mass is 10.8. The molecular weight excluding hydrogens is 570 g/mol. The summed E-state index contributed by atoms with van der Waals surface area (Å²) < 4.78 is 132. The fourth-order valence-corrected chi connectivity index (χ4v) is 1.14. The van der Waals surface area contributed by atoms with Crippen molar-refractivity contribution in [2.75, 3.05) is 43.6 Å². The predicted octanol–water partition coefficient (Wildman–Crippen LogP) is -4.81. The minimum atomic E-state index is -3.92. The van der Waals surface area contributed by atoms with Gasteiger partial charge >= 0.3 is 21.2 Å². The van der Waals surface area contributed by atoms with E-state index < -0.39 is 76.3 Å². The zero-order chi connectivity index (χ0) is 27.6. The fraction of sp³-hybridized carbons (Fsp3) is 1.00. The second kappa shape index (κ2) is 30.8. The first kappa shape index (κ1) is 49.1. The Balaban J connectivity index is -0.0000000502. The Labute approximate surface area is 194 Å². The average molecular weight is 600 g/mol. The highest BCUT2D eigenvalue weighted by molar-refractivity contribution is 7.86. The molecule has 0 unspecified atom stereocenters. The molecule has 33 heavy (non-hydrogen) atoms. The maximum atomic E-state index is 9.71. The van der Waals surface area contributed by atoms with Crippen molar-refractivity contribution >= 4 is 51.6 Å². The number of aliphatic hydroxyl groups is 3. The van der Waals surface area contributed by atoms with E-state index in [9.17, 15) is 25.3 Å². The normalized spacial score (nSPS) is 9.45. The summed E-state index contributed by atoms with van der Waals surface area (Å²) in [6.07, 6.45) is 0. The molecule has 0 aliphatic carbocycles. The zero-order valence-electron chi connectivity index (χ0n) is 16.2. The molecule has 0 aliphatic heterocycles. The van der Waals surface area contributed by atoms with Gasteiger partial charge in [0.15, 0.2) is 0 Å². The summed E-state index contributed by atoms with van der Waals surface area (Å²) in [5, 5.41) is 23.3. The van der Waals surface area contributed by atoms with Crippen molar-refractivity contribution < 1.29 is 79.5 Å². The van der Waals surface area contributed by atoms with Crippen LogP contribution in [-0.4, -0.2) is 123 Å². The Morgan fingerprint density at radius 3 is 0.758 bits per heavy atom. The van der Waals surface area contributed by atoms with Gasteiger partial charge in [0.25, 0.3) is 30.4 Å². The number of hydrogen-bond acceptors (Lipinski definition) is 16. The minimum absolute atomic E-state index is 0. The molecule has 0 aromatic heterocycles. The summed E-state index contributed by atoms with van der Waals surface area (Å²) in [4.78, 5) is 0. The van der Waals surface area contributed by atoms with Gasteiger partial charge in [-0.05, 0) is 6.92 Å². The quantitative estimate of drug-likeness (QED) is 0.141. The summed E-state index contributed by atoms with van der Waals surface area (Å²) in [5.41, 5.74) is 4.78. The minimum Gasteiger partial charge on any atom is -0.397 e. The molecule has 208 valence electrons. The Morgan fingerprint density at radius 2 is 0.758 bits per heavy atom. The topological polar surface area (TPSA) is 352 Å². The van der Waals surface area contributed by atoms with Gasteiger partial charge in [-0.15, -0.1) is 25.3 Å². The molecule has 0 aliphatic rings. The first-order valence-corrected chi connectivity index (χ1v) is 13.8. The van der Waals surface area contributed by atoms with Gasteiger partial charge in [-0.2, -0.15) is 25.3 Å². The Hall–Kier alpha value is -1.19. The van der Waals surface area contributed by atoms with E-state index in [1.54, 1.807) is 6.92 Å². The summed E-state index contributed by atoms with van der Waals surface area (Å²) in [5.74, 6) is -1.51. The molecule has 0 saturated heterocycles. The third-order valence-corrected chi connectivity index (χ3v) is 3.22. The maximum Gasteiger partial charge on any atom is 0.425 e. The SMILES string of the molecule is C.CCO.NCCS(=O)(=O)O.O=S(=O)(O)CCO.O=S(=O)(O)CCO.O=S(=O)=O.O=S(=O)=O. The molecule has 0 aromatic carbocycles. The van der Waals surface area contributed by atoms with Crippen LogP contribution in [0.5, 0.6) is 0 Å². The summed E-state index contributed by atoms with van der Waals surface area (Å²) in [6.45, 7) is 0.844. The van der Waals surface area contributed by atoms with Crippen molar-refractivity contribution in [3.8, 4) is 0 Å². The highest BCUT2D eigenvalue weighted by atomic mass is 32.2. The molecule has 24 heteroatoms. The Kier molecular flexibility index (Phi) is 45.8. The van der Waals surface area contributed by atoms with Gasteiger partial charge in [0.05, 0.1) is 30.5 Å². The van der Waals surface area contributed by atoms with Crippen molar-refractivity contribution in [3.63, 3.8) is 0 Å². The number of hydrogen-bond donors (Lipinski definition) is 7. The molecular formula is C9H29NO18S5. The van der Waals surface area contributed by atoms with E-state index in [2.05, 4.69) is 0 Å². The summed E-state index contributed by atoms with van der Waals surface area (Å²) in [6, 6.07) is 0. The van der Waals surface area contributed by atoms with Crippen molar-refractivity contribution in [2.24, 2.45) is 5.73 Å². The lowest BCUT2D eigenvalue weighted by Gasteiger charge is -1.86. The molecule has 19 nitrogen and oxygen atoms in total. The smallest absolute Gasteiger partial charge is 0.397 e. The van der Waals surface area contributed by atoms with E-state index in [0.29, 0.717) is 0 Å². The number of rotatable bonds is 6. The van der Waals surface area contributed by atoms with E-state index in [1.807, 2.05) is 0 Å². The molecule has 0 heterocycles. The average Bonchev–Trinajstić information content (AvgIpc) is 2.44. The highest BCUT2D eigenvalue weighted by Gasteiger charge is 2.00. The lowest BCUT2D eigenvalue weighted by molar-refractivity contribution is 0.314. The van der Waals surface area contributed by atoms with Gasteiger partial charge in [0, 0.05) is 13.2 Å². The van der Waals surface area contributed by atoms with Crippen LogP contribution in [-0.2, 0) is 51.6 Å². The van der Waals surface area contributed by atoms with Crippen LogP contribution in [0.4, 0.5) is 0 Å². The van der Waals surface area contributed by atoms with Crippen LogP contribution >= 0.6 is 0 Å². The summed E-state index contributed by atoms with van der Waals surface area (Å²) >= 11 is 0. The van der Waals surface area contributed by atoms with Crippen LogP contribution in [0, 0.1) is 0 Å². The van der Waals surface area contributed by atoms with Gasteiger partial charge in [-0.25, -0.2) is 0 Å². The maximum absolute atomic E-state index is 9.71. The Morgan fingerprint density at radius 1 is 0.606 bits per heavy atom. The third kappa shape index (κ3) is 219. The Bertz CT molecular complexity index is 810. The van der Waals surface area contributed by atoms with Crippen LogP contribution in [0.1, 0.15) is 14.4 Å². The lowest BCUT2D eigenvalue weighted by Crippen LogP contribution is -2.13. The highest BCUT2D eigenvalue weighted by Crippen LogP contribution is 1.76. The largest absolute Gasteiger partial charge is 0.425 e. The molecule has 0 atom stereocenters. The number of nitrogens with two attached hydrogens (primary N) is 1. The van der Waals surface area contributed by atoms with E-state index in [1.165, 1.54) is 0 Å². The zero-order valence-corrected chi connectivity index (χ0v) is 20.2. The van der Waals surface area contributed by atoms with Crippen molar-refractivity contribution in [1.82, 2.24) is 0 Å². The van der Waals surface area contributed by atoms with Crippen LogP contribution < -0.4 is 5.73 Å². The molecule has 0 bridgehead atoms. The van der Waals surface area contributed by atoms with E-state index >= 15 is 0 Å². The molecule has 0 aromatic rings. The number of aliphatic hydroxyl groups excluding tert-OH is 3. The molecule has 0 amide bonds. The van der Waals surface area contributed by atoms with E-state index in [-0.39, 0.29) is 26.3 Å². The van der Waals surface area contributed by atoms with Crippen LogP contribution in [0.25, 0.3) is 0 Å². The molecule has 0 radical (unpaired) electrons. The second-order valence-electron chi connectivity index (χ2n) is 3.82. The van der Waals surface area contributed by atoms with Gasteiger partial charge in [-0.1, -0.05) is 7.43 Å². The molecule has 0 saturated carbocycles. The van der Waals surface area contributed by atoms with E-state index in [4.69, 9.17) is 60.0 Å². The van der Waals surface area contributed by atoms with Crippen molar-refractivity contribution in [3.05, 3.63) is 0 Å². The molecule has 8 N–H and O–H groups in total. The van der Waals surface area contributed by atoms with Gasteiger partial charge in [0.2, 0.25) is 0 Å². The second-order valence-corrected chi connectivity index (χ2v) is 9.35. The first-order valence-electron chi connectivity index (χ1n) is 6.98. The standard InChI is InChI=1S/C2H7NO3S.2C2H6O4S.C2H6O.CH4.2O3S/c3*3-1-2-7(4,5)6;1-2-3;;2*1-4(2)3/h1-3H2,(H,4,5,6);2*3H,1-2H2,(H,4,5,6);3H,2H2,1H3;1H4;;. The van der Waals surface area contributed by atoms with Crippen molar-refractivity contribution in [1.29, 1.82) is 0 Å². The monoisotopic (exact) mass is 599 g/mol. The van der Waals surface area contributed by atoms with Gasteiger partial charge < -0.3 is 21.1 Å². The molecule has 0 fully saturated rings. The van der Waals surface area contributed by atoms with Crippen LogP contribution in [0.3, 0.4) is 0 Å².